The highest BCUT2D eigenvalue weighted by molar-refractivity contribution is 5.90. The molecule has 36 heavy (non-hydrogen) atoms. The molecule has 11 heteroatoms. The number of fused-ring (bicyclic) bond motifs is 1. The molecule has 1 aliphatic heterocycles. The monoisotopic (exact) mass is 502 g/mol. The standard InChI is InChI=1S/C25H22F4N4O3/c1-36-22(35)7-4-18-13-20-12-16(8-10-33(20)23(18)17-2-5-19(26)6-3-17)14-24(15-30-32-31-24)21(9-11-34)25(27,28)29/h2-8,10,12-13,15,21,34H,9,11,14H2,1H3/b7-4+. The van der Waals surface area contributed by atoms with Gasteiger partial charge in [-0.15, -0.1) is 5.10 Å². The highest BCUT2D eigenvalue weighted by atomic mass is 19.4. The Morgan fingerprint density at radius 3 is 2.58 bits per heavy atom. The van der Waals surface area contributed by atoms with Crippen molar-refractivity contribution in [3.05, 3.63) is 71.7 Å². The zero-order valence-corrected chi connectivity index (χ0v) is 19.1. The number of carbonyl (C=O) groups excluding carboxylic acids is 1. The Bertz CT molecular complexity index is 1330. The molecule has 2 aromatic heterocycles. The molecule has 1 aromatic carbocycles. The highest BCUT2D eigenvalue weighted by Gasteiger charge is 2.54. The molecule has 0 bridgehead atoms. The number of methoxy groups -OCH3 is 1. The Balaban J connectivity index is 1.79. The summed E-state index contributed by atoms with van der Waals surface area (Å²) in [6, 6.07) is 10.9. The minimum absolute atomic E-state index is 0.148. The van der Waals surface area contributed by atoms with E-state index in [0.717, 1.165) is 6.21 Å². The molecule has 1 aliphatic rings. The van der Waals surface area contributed by atoms with E-state index < -0.39 is 42.4 Å². The van der Waals surface area contributed by atoms with E-state index in [0.29, 0.717) is 27.9 Å². The smallest absolute Gasteiger partial charge is 0.394 e. The summed E-state index contributed by atoms with van der Waals surface area (Å²) in [5, 5.41) is 20.1. The van der Waals surface area contributed by atoms with Gasteiger partial charge in [0.05, 0.1) is 24.9 Å². The van der Waals surface area contributed by atoms with Crippen LogP contribution in [-0.4, -0.2) is 47.1 Å². The second-order valence-corrected chi connectivity index (χ2v) is 8.35. The van der Waals surface area contributed by atoms with Crippen LogP contribution in [0.25, 0.3) is 22.9 Å². The minimum atomic E-state index is -4.63. The van der Waals surface area contributed by atoms with Gasteiger partial charge in [-0.25, -0.2) is 9.18 Å². The first-order valence-electron chi connectivity index (χ1n) is 11.0. The number of esters is 1. The number of aromatic nitrogens is 1. The summed E-state index contributed by atoms with van der Waals surface area (Å²) in [4.78, 5) is 11.7. The van der Waals surface area contributed by atoms with Crippen molar-refractivity contribution in [2.75, 3.05) is 13.7 Å². The van der Waals surface area contributed by atoms with Crippen LogP contribution in [0, 0.1) is 11.7 Å². The number of aliphatic hydroxyl groups excluding tert-OH is 1. The van der Waals surface area contributed by atoms with E-state index in [1.165, 1.54) is 25.3 Å². The number of pyridine rings is 1. The number of ether oxygens (including phenoxy) is 1. The molecule has 0 radical (unpaired) electrons. The van der Waals surface area contributed by atoms with E-state index in [9.17, 15) is 27.5 Å². The van der Waals surface area contributed by atoms with E-state index in [1.54, 1.807) is 47.0 Å². The zero-order chi connectivity index (χ0) is 25.9. The summed E-state index contributed by atoms with van der Waals surface area (Å²) in [5.74, 6) is -2.94. The molecule has 2 atom stereocenters. The maximum atomic E-state index is 13.9. The fraction of sp³-hybridized carbons (Fsp3) is 0.280. The molecule has 3 heterocycles. The quantitative estimate of drug-likeness (QED) is 0.260. The number of alkyl halides is 3. The lowest BCUT2D eigenvalue weighted by Gasteiger charge is -2.32. The first-order valence-corrected chi connectivity index (χ1v) is 11.0. The maximum Gasteiger partial charge on any atom is 0.394 e. The third-order valence-corrected chi connectivity index (χ3v) is 6.05. The van der Waals surface area contributed by atoms with Crippen molar-refractivity contribution in [3.8, 4) is 11.3 Å². The van der Waals surface area contributed by atoms with Gasteiger partial charge in [0.1, 0.15) is 11.4 Å². The molecule has 0 aliphatic carbocycles. The minimum Gasteiger partial charge on any atom is -0.466 e. The van der Waals surface area contributed by atoms with Gasteiger partial charge in [0.2, 0.25) is 0 Å². The molecular weight excluding hydrogens is 480 g/mol. The Hall–Kier alpha value is -3.86. The van der Waals surface area contributed by atoms with Crippen molar-refractivity contribution in [1.82, 2.24) is 4.40 Å². The number of hydrogen-bond donors (Lipinski definition) is 1. The number of rotatable bonds is 8. The predicted octanol–water partition coefficient (Wildman–Crippen LogP) is 5.23. The first-order chi connectivity index (χ1) is 17.2. The normalized spacial score (nSPS) is 18.4. The summed E-state index contributed by atoms with van der Waals surface area (Å²) in [5.41, 5.74) is 1.33. The van der Waals surface area contributed by atoms with Gasteiger partial charge in [-0.1, -0.05) is 0 Å². The van der Waals surface area contributed by atoms with Crippen molar-refractivity contribution < 1.29 is 32.2 Å². The topological polar surface area (TPSA) is 88.0 Å². The summed E-state index contributed by atoms with van der Waals surface area (Å²) in [6.07, 6.45) is 0.248. The van der Waals surface area contributed by atoms with Crippen LogP contribution in [0.1, 0.15) is 17.5 Å². The Kier molecular flexibility index (Phi) is 7.02. The number of halogens is 4. The van der Waals surface area contributed by atoms with Crippen molar-refractivity contribution in [2.45, 2.75) is 24.6 Å². The molecule has 0 fully saturated rings. The van der Waals surface area contributed by atoms with Crippen LogP contribution in [0.4, 0.5) is 17.6 Å². The maximum absolute atomic E-state index is 13.9. The number of nitrogens with zero attached hydrogens (tertiary/aromatic N) is 4. The number of aliphatic hydroxyl groups is 1. The van der Waals surface area contributed by atoms with Gasteiger partial charge >= 0.3 is 12.1 Å². The molecule has 3 aromatic rings. The van der Waals surface area contributed by atoms with Gasteiger partial charge in [0, 0.05) is 36.4 Å². The molecule has 0 spiro atoms. The van der Waals surface area contributed by atoms with Gasteiger partial charge in [0.25, 0.3) is 0 Å². The zero-order valence-electron chi connectivity index (χ0n) is 19.1. The third kappa shape index (κ3) is 5.06. The van der Waals surface area contributed by atoms with Crippen molar-refractivity contribution in [1.29, 1.82) is 0 Å². The SMILES string of the molecule is COC(=O)/C=C/c1cc2cc(CC3(C(CCO)C(F)(F)F)C=NN=N3)ccn2c1-c1ccc(F)cc1. The van der Waals surface area contributed by atoms with Crippen LogP contribution in [-0.2, 0) is 16.0 Å². The fourth-order valence-electron chi connectivity index (χ4n) is 4.40. The van der Waals surface area contributed by atoms with Gasteiger partial charge in [-0.3, -0.25) is 0 Å². The van der Waals surface area contributed by atoms with Crippen LogP contribution < -0.4 is 0 Å². The molecule has 2 unspecified atom stereocenters. The molecule has 188 valence electrons. The van der Waals surface area contributed by atoms with Crippen LogP contribution in [0.2, 0.25) is 0 Å². The van der Waals surface area contributed by atoms with Crippen LogP contribution in [0.15, 0.2) is 70.2 Å². The highest BCUT2D eigenvalue weighted by Crippen LogP contribution is 2.42. The second kappa shape index (κ2) is 10.0. The van der Waals surface area contributed by atoms with Gasteiger partial charge < -0.3 is 14.2 Å². The van der Waals surface area contributed by atoms with Gasteiger partial charge in [-0.05, 0) is 71.3 Å². The lowest BCUT2D eigenvalue weighted by Crippen LogP contribution is -2.47. The van der Waals surface area contributed by atoms with Crippen molar-refractivity contribution in [2.24, 2.45) is 21.4 Å². The van der Waals surface area contributed by atoms with Crippen LogP contribution in [0.5, 0.6) is 0 Å². The summed E-state index contributed by atoms with van der Waals surface area (Å²) in [6.45, 7) is -0.663. The van der Waals surface area contributed by atoms with Crippen LogP contribution in [0.3, 0.4) is 0 Å². The number of benzene rings is 1. The van der Waals surface area contributed by atoms with E-state index >= 15 is 0 Å². The molecule has 0 saturated heterocycles. The largest absolute Gasteiger partial charge is 0.466 e. The first kappa shape index (κ1) is 25.2. The molecular formula is C25H22F4N4O3. The Labute approximate surface area is 203 Å². The molecule has 0 amide bonds. The summed E-state index contributed by atoms with van der Waals surface area (Å²) >= 11 is 0. The molecule has 0 saturated carbocycles. The number of carbonyl (C=O) groups is 1. The molecule has 4 rings (SSSR count). The van der Waals surface area contributed by atoms with Gasteiger partial charge in [0.15, 0.2) is 0 Å². The third-order valence-electron chi connectivity index (χ3n) is 6.05. The average Bonchev–Trinajstić information content (AvgIpc) is 3.45. The predicted molar refractivity (Wildman–Crippen MR) is 125 cm³/mol. The fourth-order valence-corrected chi connectivity index (χ4v) is 4.40. The molecule has 7 nitrogen and oxygen atoms in total. The van der Waals surface area contributed by atoms with Crippen molar-refractivity contribution in [3.63, 3.8) is 0 Å². The van der Waals surface area contributed by atoms with E-state index in [-0.39, 0.29) is 6.42 Å². The Morgan fingerprint density at radius 1 is 1.22 bits per heavy atom. The lowest BCUT2D eigenvalue weighted by molar-refractivity contribution is -0.189. The summed E-state index contributed by atoms with van der Waals surface area (Å²) in [7, 11) is 1.25. The lowest BCUT2D eigenvalue weighted by atomic mass is 9.78. The van der Waals surface area contributed by atoms with E-state index in [2.05, 4.69) is 20.2 Å². The van der Waals surface area contributed by atoms with Crippen molar-refractivity contribution >= 4 is 23.8 Å². The molecule has 1 N–H and O–H groups in total. The summed E-state index contributed by atoms with van der Waals surface area (Å²) < 4.78 is 61.6. The Morgan fingerprint density at radius 2 is 1.97 bits per heavy atom. The second-order valence-electron chi connectivity index (χ2n) is 8.35. The number of hydrogen-bond acceptors (Lipinski definition) is 6. The van der Waals surface area contributed by atoms with E-state index in [1.807, 2.05) is 0 Å². The van der Waals surface area contributed by atoms with Gasteiger partial charge in [-0.2, -0.15) is 18.3 Å². The van der Waals surface area contributed by atoms with Crippen LogP contribution >= 0.6 is 0 Å². The average molecular weight is 502 g/mol. The van der Waals surface area contributed by atoms with E-state index in [4.69, 9.17) is 0 Å².